The fraction of sp³-hybridized carbons (Fsp3) is 0.889. The summed E-state index contributed by atoms with van der Waals surface area (Å²) < 4.78 is 5.38. The number of hydrogen-bond donors (Lipinski definition) is 2. The lowest BCUT2D eigenvalue weighted by molar-refractivity contribution is -0.124. The van der Waals surface area contributed by atoms with Crippen molar-refractivity contribution in [3.05, 3.63) is 0 Å². The molecule has 0 radical (unpaired) electrons. The van der Waals surface area contributed by atoms with Crippen molar-refractivity contribution in [1.29, 1.82) is 0 Å². The molecule has 0 aromatic carbocycles. The Labute approximate surface area is 139 Å². The SMILES string of the molecule is CC1(C)CCC[C@H](CC(=O)N[C@H](CC(N)=O)C2CCOCC2)C1. The quantitative estimate of drug-likeness (QED) is 0.787. The Kier molecular flexibility index (Phi) is 6.45. The molecule has 0 spiro atoms. The van der Waals surface area contributed by atoms with Gasteiger partial charge in [-0.25, -0.2) is 0 Å². The van der Waals surface area contributed by atoms with Gasteiger partial charge in [0.1, 0.15) is 0 Å². The van der Waals surface area contributed by atoms with E-state index in [-0.39, 0.29) is 24.3 Å². The van der Waals surface area contributed by atoms with Crippen LogP contribution in [0.15, 0.2) is 0 Å². The molecule has 1 aliphatic carbocycles. The van der Waals surface area contributed by atoms with E-state index in [9.17, 15) is 9.59 Å². The highest BCUT2D eigenvalue weighted by Gasteiger charge is 2.31. The van der Waals surface area contributed by atoms with Crippen molar-refractivity contribution in [3.63, 3.8) is 0 Å². The van der Waals surface area contributed by atoms with Crippen molar-refractivity contribution < 1.29 is 14.3 Å². The summed E-state index contributed by atoms with van der Waals surface area (Å²) in [4.78, 5) is 23.8. The van der Waals surface area contributed by atoms with Crippen LogP contribution in [0.25, 0.3) is 0 Å². The molecule has 132 valence electrons. The molecule has 5 heteroatoms. The van der Waals surface area contributed by atoms with Gasteiger partial charge >= 0.3 is 0 Å². The van der Waals surface area contributed by atoms with Gasteiger partial charge in [-0.3, -0.25) is 9.59 Å². The molecule has 23 heavy (non-hydrogen) atoms. The van der Waals surface area contributed by atoms with E-state index in [2.05, 4.69) is 19.2 Å². The molecule has 5 nitrogen and oxygen atoms in total. The number of carbonyl (C=O) groups excluding carboxylic acids is 2. The van der Waals surface area contributed by atoms with Crippen LogP contribution in [0, 0.1) is 17.3 Å². The first-order valence-corrected chi connectivity index (χ1v) is 9.01. The number of hydrogen-bond acceptors (Lipinski definition) is 3. The Morgan fingerprint density at radius 3 is 2.57 bits per heavy atom. The van der Waals surface area contributed by atoms with E-state index in [4.69, 9.17) is 10.5 Å². The Balaban J connectivity index is 1.87. The minimum atomic E-state index is -0.347. The average Bonchev–Trinajstić information content (AvgIpc) is 2.46. The van der Waals surface area contributed by atoms with Gasteiger partial charge in [0.2, 0.25) is 11.8 Å². The van der Waals surface area contributed by atoms with Gasteiger partial charge in [-0.2, -0.15) is 0 Å². The third kappa shape index (κ3) is 6.13. The number of ether oxygens (including phenoxy) is 1. The highest BCUT2D eigenvalue weighted by atomic mass is 16.5. The van der Waals surface area contributed by atoms with Gasteiger partial charge in [-0.05, 0) is 49.4 Å². The molecule has 0 bridgehead atoms. The van der Waals surface area contributed by atoms with Gasteiger partial charge in [-0.15, -0.1) is 0 Å². The normalized spacial score (nSPS) is 26.4. The van der Waals surface area contributed by atoms with E-state index in [1.807, 2.05) is 0 Å². The van der Waals surface area contributed by atoms with Gasteiger partial charge in [0, 0.05) is 32.1 Å². The van der Waals surface area contributed by atoms with Crippen LogP contribution in [-0.2, 0) is 14.3 Å². The van der Waals surface area contributed by atoms with Crippen molar-refractivity contribution in [2.75, 3.05) is 13.2 Å². The van der Waals surface area contributed by atoms with Crippen molar-refractivity contribution in [2.24, 2.45) is 23.0 Å². The van der Waals surface area contributed by atoms with E-state index < -0.39 is 0 Å². The maximum absolute atomic E-state index is 12.5. The van der Waals surface area contributed by atoms with Crippen LogP contribution >= 0.6 is 0 Å². The molecule has 1 heterocycles. The number of rotatable bonds is 6. The Morgan fingerprint density at radius 2 is 1.96 bits per heavy atom. The highest BCUT2D eigenvalue weighted by molar-refractivity contribution is 5.79. The minimum Gasteiger partial charge on any atom is -0.381 e. The lowest BCUT2D eigenvalue weighted by atomic mass is 9.71. The second-order valence-electron chi connectivity index (χ2n) is 8.12. The van der Waals surface area contributed by atoms with Crippen molar-refractivity contribution in [1.82, 2.24) is 5.32 Å². The summed E-state index contributed by atoms with van der Waals surface area (Å²) in [5.74, 6) is 0.483. The highest BCUT2D eigenvalue weighted by Crippen LogP contribution is 2.39. The fourth-order valence-electron chi connectivity index (χ4n) is 4.23. The van der Waals surface area contributed by atoms with Gasteiger partial charge in [0.25, 0.3) is 0 Å². The number of carbonyl (C=O) groups is 2. The summed E-state index contributed by atoms with van der Waals surface area (Å²) in [5, 5.41) is 3.10. The molecular weight excluding hydrogens is 292 g/mol. The summed E-state index contributed by atoms with van der Waals surface area (Å²) in [6, 6.07) is -0.138. The first-order valence-electron chi connectivity index (χ1n) is 9.01. The Morgan fingerprint density at radius 1 is 1.26 bits per heavy atom. The van der Waals surface area contributed by atoms with Gasteiger partial charge < -0.3 is 15.8 Å². The molecule has 0 aromatic rings. The molecule has 1 saturated heterocycles. The second-order valence-corrected chi connectivity index (χ2v) is 8.12. The smallest absolute Gasteiger partial charge is 0.220 e. The largest absolute Gasteiger partial charge is 0.381 e. The van der Waals surface area contributed by atoms with Crippen molar-refractivity contribution >= 4 is 11.8 Å². The number of nitrogens with two attached hydrogens (primary N) is 1. The number of amides is 2. The molecule has 2 amide bonds. The lowest BCUT2D eigenvalue weighted by Gasteiger charge is -2.35. The van der Waals surface area contributed by atoms with Crippen LogP contribution < -0.4 is 11.1 Å². The Hall–Kier alpha value is -1.10. The third-order valence-corrected chi connectivity index (χ3v) is 5.38. The van der Waals surface area contributed by atoms with E-state index in [1.165, 1.54) is 12.8 Å². The monoisotopic (exact) mass is 324 g/mol. The number of nitrogens with one attached hydrogen (secondary N) is 1. The molecule has 2 rings (SSSR count). The first-order chi connectivity index (χ1) is 10.9. The molecule has 0 aromatic heterocycles. The topological polar surface area (TPSA) is 81.4 Å². The molecule has 2 aliphatic rings. The first kappa shape index (κ1) is 18.2. The molecule has 1 saturated carbocycles. The van der Waals surface area contributed by atoms with Crippen LogP contribution in [0.1, 0.15) is 65.2 Å². The van der Waals surface area contributed by atoms with Crippen LogP contribution in [0.2, 0.25) is 0 Å². The van der Waals surface area contributed by atoms with Crippen LogP contribution in [0.4, 0.5) is 0 Å². The van der Waals surface area contributed by atoms with Crippen molar-refractivity contribution in [3.8, 4) is 0 Å². The lowest BCUT2D eigenvalue weighted by Crippen LogP contribution is -2.45. The predicted octanol–water partition coefficient (Wildman–Crippen LogP) is 2.38. The van der Waals surface area contributed by atoms with Crippen LogP contribution in [0.5, 0.6) is 0 Å². The summed E-state index contributed by atoms with van der Waals surface area (Å²) in [6.07, 6.45) is 7.26. The summed E-state index contributed by atoms with van der Waals surface area (Å²) in [7, 11) is 0. The van der Waals surface area contributed by atoms with E-state index in [1.54, 1.807) is 0 Å². The maximum atomic E-state index is 12.5. The van der Waals surface area contributed by atoms with Crippen molar-refractivity contribution in [2.45, 2.75) is 71.3 Å². The van der Waals surface area contributed by atoms with Crippen LogP contribution in [-0.4, -0.2) is 31.1 Å². The fourth-order valence-corrected chi connectivity index (χ4v) is 4.23. The molecule has 2 fully saturated rings. The van der Waals surface area contributed by atoms with E-state index in [0.717, 1.165) is 25.7 Å². The van der Waals surface area contributed by atoms with E-state index in [0.29, 0.717) is 36.9 Å². The molecule has 3 N–H and O–H groups in total. The maximum Gasteiger partial charge on any atom is 0.220 e. The molecule has 2 atom stereocenters. The van der Waals surface area contributed by atoms with Crippen LogP contribution in [0.3, 0.4) is 0 Å². The standard InChI is InChI=1S/C18H32N2O3/c1-18(2)7-3-4-13(12-18)10-17(22)20-15(11-16(19)21)14-5-8-23-9-6-14/h13-15H,3-12H2,1-2H3,(H2,19,21)(H,20,22)/t13-,15-/m1/s1. The zero-order valence-electron chi connectivity index (χ0n) is 14.6. The predicted molar refractivity (Wildman–Crippen MR) is 89.6 cm³/mol. The second kappa shape index (κ2) is 8.13. The number of primary amides is 1. The molecule has 0 unspecified atom stereocenters. The third-order valence-electron chi connectivity index (χ3n) is 5.38. The zero-order valence-corrected chi connectivity index (χ0v) is 14.6. The summed E-state index contributed by atoms with van der Waals surface area (Å²) in [6.45, 7) is 5.98. The zero-order chi connectivity index (χ0) is 16.9. The van der Waals surface area contributed by atoms with Gasteiger partial charge in [0.05, 0.1) is 0 Å². The average molecular weight is 324 g/mol. The van der Waals surface area contributed by atoms with Gasteiger partial charge in [0.15, 0.2) is 0 Å². The molecular formula is C18H32N2O3. The summed E-state index contributed by atoms with van der Waals surface area (Å²) >= 11 is 0. The van der Waals surface area contributed by atoms with Gasteiger partial charge in [-0.1, -0.05) is 20.3 Å². The Bertz CT molecular complexity index is 416. The minimum absolute atomic E-state index is 0.0745. The molecule has 1 aliphatic heterocycles. The van der Waals surface area contributed by atoms with E-state index >= 15 is 0 Å². The summed E-state index contributed by atoms with van der Waals surface area (Å²) in [5.41, 5.74) is 5.72.